The zero-order valence-corrected chi connectivity index (χ0v) is 20.9. The highest BCUT2D eigenvalue weighted by atomic mass is 32.1. The van der Waals surface area contributed by atoms with Gasteiger partial charge in [-0.2, -0.15) is 13.2 Å². The number of halogens is 5. The van der Waals surface area contributed by atoms with Crippen LogP contribution in [0.3, 0.4) is 0 Å². The van der Waals surface area contributed by atoms with Crippen molar-refractivity contribution in [3.63, 3.8) is 0 Å². The van der Waals surface area contributed by atoms with Gasteiger partial charge in [0.15, 0.2) is 6.10 Å². The third-order valence-electron chi connectivity index (χ3n) is 5.85. The molecule has 0 aliphatic carbocycles. The van der Waals surface area contributed by atoms with Gasteiger partial charge in [-0.1, -0.05) is 36.4 Å². The molecular weight excluding hydrogens is 543 g/mol. The van der Waals surface area contributed by atoms with E-state index in [9.17, 15) is 26.7 Å². The molecule has 2 aromatic carbocycles. The number of likely N-dealkylation sites (tertiary alicyclic amines) is 1. The summed E-state index contributed by atoms with van der Waals surface area (Å²) < 4.78 is 66.7. The van der Waals surface area contributed by atoms with E-state index in [1.807, 2.05) is 53.9 Å². The van der Waals surface area contributed by atoms with Crippen LogP contribution in [0.5, 0.6) is 5.88 Å². The van der Waals surface area contributed by atoms with E-state index in [0.29, 0.717) is 11.1 Å². The first-order valence-corrected chi connectivity index (χ1v) is 12.5. The maximum Gasteiger partial charge on any atom is 0.490 e. The van der Waals surface area contributed by atoms with Gasteiger partial charge in [-0.3, -0.25) is 4.79 Å². The van der Waals surface area contributed by atoms with Gasteiger partial charge < -0.3 is 14.7 Å². The Balaban J connectivity index is 0.000000448. The van der Waals surface area contributed by atoms with Crippen molar-refractivity contribution in [2.45, 2.75) is 24.6 Å². The Morgan fingerprint density at radius 1 is 1.03 bits per heavy atom. The molecule has 1 saturated heterocycles. The fraction of sp³-hybridized carbons (Fsp3) is 0.222. The topological polar surface area (TPSA) is 79.7 Å². The van der Waals surface area contributed by atoms with Gasteiger partial charge in [-0.15, -0.1) is 11.3 Å². The van der Waals surface area contributed by atoms with E-state index < -0.39 is 30.6 Å². The summed E-state index contributed by atoms with van der Waals surface area (Å²) in [7, 11) is 0. The number of carbonyl (C=O) groups is 2. The number of benzene rings is 2. The summed E-state index contributed by atoms with van der Waals surface area (Å²) in [6, 6.07) is 22.0. The van der Waals surface area contributed by atoms with Crippen LogP contribution in [-0.4, -0.2) is 58.2 Å². The van der Waals surface area contributed by atoms with Crippen LogP contribution in [0, 0.1) is 0 Å². The first kappa shape index (κ1) is 28.0. The summed E-state index contributed by atoms with van der Waals surface area (Å²) in [4.78, 5) is 28.9. The van der Waals surface area contributed by atoms with Crippen molar-refractivity contribution >= 4 is 34.1 Å². The average Bonchev–Trinajstić information content (AvgIpc) is 3.45. The molecule has 1 aliphatic rings. The van der Waals surface area contributed by atoms with Gasteiger partial charge in [0.25, 0.3) is 11.8 Å². The van der Waals surface area contributed by atoms with Gasteiger partial charge in [-0.25, -0.2) is 18.6 Å². The molecule has 5 rings (SSSR count). The van der Waals surface area contributed by atoms with E-state index in [1.54, 1.807) is 35.6 Å². The molecule has 1 fully saturated rings. The second-order valence-electron chi connectivity index (χ2n) is 8.57. The fourth-order valence-electron chi connectivity index (χ4n) is 3.87. The Kier molecular flexibility index (Phi) is 8.14. The summed E-state index contributed by atoms with van der Waals surface area (Å²) >= 11 is 1.58. The van der Waals surface area contributed by atoms with Gasteiger partial charge in [0.05, 0.1) is 12.1 Å². The molecule has 0 unspecified atom stereocenters. The maximum absolute atomic E-state index is 14.7. The molecule has 204 valence electrons. The minimum absolute atomic E-state index is 0.0277. The molecule has 0 saturated carbocycles. The number of amides is 1. The third kappa shape index (κ3) is 6.88. The van der Waals surface area contributed by atoms with Crippen LogP contribution >= 0.6 is 11.3 Å². The fourth-order valence-corrected chi connectivity index (χ4v) is 4.59. The molecule has 0 spiro atoms. The largest absolute Gasteiger partial charge is 0.490 e. The predicted molar refractivity (Wildman–Crippen MR) is 135 cm³/mol. The second-order valence-corrected chi connectivity index (χ2v) is 9.52. The lowest BCUT2D eigenvalue weighted by atomic mass is 10.0. The van der Waals surface area contributed by atoms with E-state index >= 15 is 0 Å². The van der Waals surface area contributed by atoms with Crippen LogP contribution in [0.15, 0.2) is 78.2 Å². The maximum atomic E-state index is 14.7. The van der Waals surface area contributed by atoms with E-state index in [-0.39, 0.29) is 24.9 Å². The number of thiophene rings is 1. The van der Waals surface area contributed by atoms with Crippen LogP contribution in [0.25, 0.3) is 21.3 Å². The number of carboxylic acid groups (broad SMARTS) is 1. The molecule has 12 heteroatoms. The number of nitrogens with zero attached hydrogens (tertiary/aromatic N) is 2. The average molecular weight is 565 g/mol. The monoisotopic (exact) mass is 564 g/mol. The Hall–Kier alpha value is -4.06. The van der Waals surface area contributed by atoms with E-state index in [1.165, 1.54) is 4.90 Å². The molecule has 6 nitrogen and oxygen atoms in total. The number of aliphatic carboxylic acids is 1. The highest BCUT2D eigenvalue weighted by molar-refractivity contribution is 7.13. The zero-order valence-electron chi connectivity index (χ0n) is 20.1. The first-order chi connectivity index (χ1) is 18.4. The van der Waals surface area contributed by atoms with Gasteiger partial charge in [0, 0.05) is 34.9 Å². The van der Waals surface area contributed by atoms with Gasteiger partial charge in [0.1, 0.15) is 0 Å². The number of hydrogen-bond acceptors (Lipinski definition) is 5. The molecule has 39 heavy (non-hydrogen) atoms. The molecule has 1 N–H and O–H groups in total. The van der Waals surface area contributed by atoms with E-state index in [2.05, 4.69) is 4.98 Å². The second kappa shape index (κ2) is 11.4. The van der Waals surface area contributed by atoms with E-state index in [0.717, 1.165) is 15.8 Å². The normalized spacial score (nSPS) is 16.7. The summed E-state index contributed by atoms with van der Waals surface area (Å²) in [5, 5.41) is 10.00. The van der Waals surface area contributed by atoms with Crippen LogP contribution in [-0.2, 0) is 4.79 Å². The Labute approximate surface area is 223 Å². The lowest BCUT2D eigenvalue weighted by molar-refractivity contribution is -0.192. The minimum atomic E-state index is -5.08. The molecule has 0 bridgehead atoms. The number of alkyl halides is 5. The number of carboxylic acids is 1. The third-order valence-corrected chi connectivity index (χ3v) is 6.77. The minimum Gasteiger partial charge on any atom is -0.475 e. The van der Waals surface area contributed by atoms with Crippen LogP contribution in [0.1, 0.15) is 16.8 Å². The van der Waals surface area contributed by atoms with E-state index in [4.69, 9.17) is 14.6 Å². The van der Waals surface area contributed by atoms with Crippen molar-refractivity contribution in [1.29, 1.82) is 0 Å². The smallest absolute Gasteiger partial charge is 0.475 e. The molecule has 1 aliphatic heterocycles. The number of rotatable bonds is 4. The Bertz CT molecular complexity index is 1460. The number of pyridine rings is 1. The number of hydrogen-bond donors (Lipinski definition) is 1. The lowest BCUT2D eigenvalue weighted by Crippen LogP contribution is -2.55. The molecular formula is C27H21F5N2O4S. The molecule has 1 atom stereocenters. The zero-order chi connectivity index (χ0) is 28.2. The standard InChI is InChI=1S/C25H20F2N2O2S.C2HF3O2/c26-25(27)12-13-29(24(30)19-7-3-6-18(15-19)21-9-4-14-32-21)16-22(25)31-23-11-10-17-5-1-2-8-20(17)28-23;3-2(4,5)1(6)7/h1-11,14-15,22H,12-13,16H2;(H,6,7)/t22-;/m0./s1. The van der Waals surface area contributed by atoms with Gasteiger partial charge >= 0.3 is 12.1 Å². The lowest BCUT2D eigenvalue weighted by Gasteiger charge is -2.38. The van der Waals surface area contributed by atoms with Gasteiger partial charge in [-0.05, 0) is 41.3 Å². The highest BCUT2D eigenvalue weighted by Gasteiger charge is 2.47. The number of piperidine rings is 1. The molecule has 4 aromatic rings. The predicted octanol–water partition coefficient (Wildman–Crippen LogP) is 6.53. The number of aromatic nitrogens is 1. The number of ether oxygens (including phenoxy) is 1. The Morgan fingerprint density at radius 2 is 1.77 bits per heavy atom. The van der Waals surface area contributed by atoms with Gasteiger partial charge in [0.2, 0.25) is 5.88 Å². The van der Waals surface area contributed by atoms with Crippen molar-refractivity contribution in [2.24, 2.45) is 0 Å². The molecule has 1 amide bonds. The quantitative estimate of drug-likeness (QED) is 0.286. The van der Waals surface area contributed by atoms with Crippen molar-refractivity contribution in [3.8, 4) is 16.3 Å². The van der Waals surface area contributed by atoms with Crippen LogP contribution in [0.2, 0.25) is 0 Å². The number of fused-ring (bicyclic) bond motifs is 1. The van der Waals surface area contributed by atoms with Crippen LogP contribution < -0.4 is 4.74 Å². The number of carbonyl (C=O) groups excluding carboxylic acids is 1. The first-order valence-electron chi connectivity index (χ1n) is 11.6. The highest BCUT2D eigenvalue weighted by Crippen LogP contribution is 2.33. The molecule has 2 aromatic heterocycles. The van der Waals surface area contributed by atoms with Crippen molar-refractivity contribution in [3.05, 3.63) is 83.7 Å². The summed E-state index contributed by atoms with van der Waals surface area (Å²) in [5.74, 6) is -5.96. The SMILES string of the molecule is O=C(O)C(F)(F)F.O=C(c1cccc(-c2cccs2)c1)N1CCC(F)(F)[C@@H](Oc2ccc3ccccc3n2)C1. The van der Waals surface area contributed by atoms with Crippen LogP contribution in [0.4, 0.5) is 22.0 Å². The summed E-state index contributed by atoms with van der Waals surface area (Å²) in [6.07, 6.45) is -7.00. The summed E-state index contributed by atoms with van der Waals surface area (Å²) in [5.41, 5.74) is 2.08. The van der Waals surface area contributed by atoms with Crippen molar-refractivity contribution < 1.29 is 41.4 Å². The number of para-hydroxylation sites is 1. The molecule has 0 radical (unpaired) electrons. The van der Waals surface area contributed by atoms with Crippen molar-refractivity contribution in [1.82, 2.24) is 9.88 Å². The molecule has 3 heterocycles. The van der Waals surface area contributed by atoms with Crippen molar-refractivity contribution in [2.75, 3.05) is 13.1 Å². The summed E-state index contributed by atoms with van der Waals surface area (Å²) in [6.45, 7) is -0.232. The Morgan fingerprint density at radius 3 is 2.46 bits per heavy atom.